The van der Waals surface area contributed by atoms with Gasteiger partial charge in [-0.15, -0.1) is 0 Å². The molecule has 1 atom stereocenters. The van der Waals surface area contributed by atoms with Crippen LogP contribution in [0.4, 0.5) is 0 Å². The summed E-state index contributed by atoms with van der Waals surface area (Å²) in [5.74, 6) is 0. The Labute approximate surface area is 66.9 Å². The Kier molecular flexibility index (Phi) is 6.37. The zero-order valence-electron chi connectivity index (χ0n) is 6.45. The number of hydrogen-bond donors (Lipinski definition) is 1. The van der Waals surface area contributed by atoms with E-state index in [1.165, 1.54) is 0 Å². The highest BCUT2D eigenvalue weighted by Gasteiger charge is 2.01. The molecule has 0 rings (SSSR count). The Morgan fingerprint density at radius 1 is 1.18 bits per heavy atom. The van der Waals surface area contributed by atoms with Gasteiger partial charge in [-0.05, 0) is 19.3 Å². The van der Waals surface area contributed by atoms with Gasteiger partial charge in [-0.25, -0.2) is 0 Å². The van der Waals surface area contributed by atoms with E-state index in [1.807, 2.05) is 12.1 Å². The van der Waals surface area contributed by atoms with Gasteiger partial charge in [0.15, 0.2) is 0 Å². The Hall–Kier alpha value is -1.06. The average Bonchev–Trinajstić information content (AvgIpc) is 1.99. The molecule has 1 N–H and O–H groups in total. The molecule has 0 aliphatic rings. The normalized spacial score (nSPS) is 11.5. The number of nitriles is 2. The van der Waals surface area contributed by atoms with E-state index in [2.05, 4.69) is 0 Å². The summed E-state index contributed by atoms with van der Waals surface area (Å²) >= 11 is 0. The lowest BCUT2D eigenvalue weighted by molar-refractivity contribution is 0.166. The molecule has 60 valence electrons. The maximum absolute atomic E-state index is 9.04. The molecule has 0 bridgehead atoms. The third-order valence-corrected chi connectivity index (χ3v) is 1.40. The summed E-state index contributed by atoms with van der Waals surface area (Å²) in [7, 11) is 0. The molecule has 0 aliphatic heterocycles. The fourth-order valence-corrected chi connectivity index (χ4v) is 0.791. The Bertz CT molecular complexity index is 166. The summed E-state index contributed by atoms with van der Waals surface area (Å²) < 4.78 is 0. The van der Waals surface area contributed by atoms with Gasteiger partial charge in [0, 0.05) is 6.42 Å². The van der Waals surface area contributed by atoms with E-state index < -0.39 is 6.10 Å². The molecule has 0 saturated heterocycles. The maximum atomic E-state index is 9.04. The number of hydrogen-bond acceptors (Lipinski definition) is 3. The molecule has 0 aromatic heterocycles. The molecule has 0 aromatic carbocycles. The highest BCUT2D eigenvalue weighted by molar-refractivity contribution is 4.75. The molecule has 0 heterocycles. The highest BCUT2D eigenvalue weighted by atomic mass is 16.3. The monoisotopic (exact) mass is 152 g/mol. The van der Waals surface area contributed by atoms with Crippen LogP contribution < -0.4 is 0 Å². The summed E-state index contributed by atoms with van der Waals surface area (Å²) in [4.78, 5) is 0. The van der Waals surface area contributed by atoms with Crippen LogP contribution in [0.1, 0.15) is 32.1 Å². The quantitative estimate of drug-likeness (QED) is 0.604. The maximum Gasteiger partial charge on any atom is 0.0670 e. The third-order valence-electron chi connectivity index (χ3n) is 1.40. The molecule has 3 nitrogen and oxygen atoms in total. The van der Waals surface area contributed by atoms with Crippen molar-refractivity contribution < 1.29 is 5.11 Å². The van der Waals surface area contributed by atoms with Gasteiger partial charge in [0.2, 0.25) is 0 Å². The smallest absolute Gasteiger partial charge is 0.0670 e. The molecule has 11 heavy (non-hydrogen) atoms. The fourth-order valence-electron chi connectivity index (χ4n) is 0.791. The van der Waals surface area contributed by atoms with E-state index in [1.54, 1.807) is 0 Å². The van der Waals surface area contributed by atoms with Gasteiger partial charge < -0.3 is 5.11 Å². The number of rotatable bonds is 5. The van der Waals surface area contributed by atoms with Crippen LogP contribution >= 0.6 is 0 Å². The summed E-state index contributed by atoms with van der Waals surface area (Å²) in [6, 6.07) is 3.92. The fraction of sp³-hybridized carbons (Fsp3) is 0.750. The zero-order chi connectivity index (χ0) is 8.53. The van der Waals surface area contributed by atoms with E-state index in [0.717, 1.165) is 12.8 Å². The van der Waals surface area contributed by atoms with Crippen LogP contribution in [0.15, 0.2) is 0 Å². The second kappa shape index (κ2) is 7.05. The Morgan fingerprint density at radius 2 is 1.91 bits per heavy atom. The van der Waals surface area contributed by atoms with Crippen molar-refractivity contribution in [3.05, 3.63) is 0 Å². The molecular formula is C8H12N2O. The van der Waals surface area contributed by atoms with Crippen molar-refractivity contribution in [2.75, 3.05) is 0 Å². The first-order chi connectivity index (χ1) is 5.31. The largest absolute Gasteiger partial charge is 0.392 e. The van der Waals surface area contributed by atoms with Crippen molar-refractivity contribution in [2.45, 2.75) is 38.2 Å². The summed E-state index contributed by atoms with van der Waals surface area (Å²) in [5, 5.41) is 25.4. The van der Waals surface area contributed by atoms with Crippen molar-refractivity contribution in [3.8, 4) is 12.1 Å². The number of aliphatic hydroxyl groups excluding tert-OH is 1. The summed E-state index contributed by atoms with van der Waals surface area (Å²) in [6.07, 6.45) is 2.52. The lowest BCUT2D eigenvalue weighted by atomic mass is 10.1. The lowest BCUT2D eigenvalue weighted by Crippen LogP contribution is -2.04. The lowest BCUT2D eigenvalue weighted by Gasteiger charge is -2.03. The predicted molar refractivity (Wildman–Crippen MR) is 40.3 cm³/mol. The van der Waals surface area contributed by atoms with Crippen molar-refractivity contribution >= 4 is 0 Å². The Balaban J connectivity index is 3.13. The predicted octanol–water partition coefficient (Wildman–Crippen LogP) is 1.34. The minimum absolute atomic E-state index is 0.201. The molecule has 1 unspecified atom stereocenters. The second-order valence-electron chi connectivity index (χ2n) is 2.42. The standard InChI is InChI=1S/C8H12N2O/c9-6-3-1-2-4-8(11)5-7-10/h8,11H,1-5H2. The van der Waals surface area contributed by atoms with E-state index >= 15 is 0 Å². The SMILES string of the molecule is N#CCCCCC(O)CC#N. The van der Waals surface area contributed by atoms with Crippen LogP contribution in [0.3, 0.4) is 0 Å². The van der Waals surface area contributed by atoms with Crippen LogP contribution in [0.5, 0.6) is 0 Å². The molecule has 0 spiro atoms. The van der Waals surface area contributed by atoms with Gasteiger partial charge in [-0.1, -0.05) is 0 Å². The summed E-state index contributed by atoms with van der Waals surface area (Å²) in [6.45, 7) is 0. The molecule has 0 aromatic rings. The second-order valence-corrected chi connectivity index (χ2v) is 2.42. The number of aliphatic hydroxyl groups is 1. The van der Waals surface area contributed by atoms with Crippen molar-refractivity contribution in [1.82, 2.24) is 0 Å². The first-order valence-corrected chi connectivity index (χ1v) is 3.73. The van der Waals surface area contributed by atoms with Gasteiger partial charge in [-0.2, -0.15) is 10.5 Å². The van der Waals surface area contributed by atoms with Crippen LogP contribution in [0.2, 0.25) is 0 Å². The van der Waals surface area contributed by atoms with Crippen LogP contribution in [0, 0.1) is 22.7 Å². The molecular weight excluding hydrogens is 140 g/mol. The van der Waals surface area contributed by atoms with Crippen LogP contribution in [-0.2, 0) is 0 Å². The van der Waals surface area contributed by atoms with Gasteiger partial charge in [0.25, 0.3) is 0 Å². The molecule has 0 aliphatic carbocycles. The van der Waals surface area contributed by atoms with Gasteiger partial charge in [0.1, 0.15) is 0 Å². The molecule has 0 amide bonds. The third kappa shape index (κ3) is 6.83. The minimum atomic E-state index is -0.501. The summed E-state index contributed by atoms with van der Waals surface area (Å²) in [5.41, 5.74) is 0. The van der Waals surface area contributed by atoms with E-state index in [9.17, 15) is 0 Å². The topological polar surface area (TPSA) is 67.8 Å². The molecule has 0 radical (unpaired) electrons. The molecule has 0 fully saturated rings. The number of unbranched alkanes of at least 4 members (excludes halogenated alkanes) is 2. The van der Waals surface area contributed by atoms with Crippen LogP contribution in [-0.4, -0.2) is 11.2 Å². The molecule has 0 saturated carbocycles. The zero-order valence-corrected chi connectivity index (χ0v) is 6.45. The van der Waals surface area contributed by atoms with Crippen molar-refractivity contribution in [2.24, 2.45) is 0 Å². The Morgan fingerprint density at radius 3 is 2.45 bits per heavy atom. The number of nitrogens with zero attached hydrogens (tertiary/aromatic N) is 2. The first kappa shape index (κ1) is 9.94. The minimum Gasteiger partial charge on any atom is -0.392 e. The van der Waals surface area contributed by atoms with E-state index in [4.69, 9.17) is 15.6 Å². The van der Waals surface area contributed by atoms with E-state index in [-0.39, 0.29) is 6.42 Å². The molecule has 3 heteroatoms. The van der Waals surface area contributed by atoms with Crippen molar-refractivity contribution in [3.63, 3.8) is 0 Å². The first-order valence-electron chi connectivity index (χ1n) is 3.73. The van der Waals surface area contributed by atoms with Crippen LogP contribution in [0.25, 0.3) is 0 Å². The van der Waals surface area contributed by atoms with Gasteiger partial charge in [-0.3, -0.25) is 0 Å². The van der Waals surface area contributed by atoms with Crippen molar-refractivity contribution in [1.29, 1.82) is 10.5 Å². The highest BCUT2D eigenvalue weighted by Crippen LogP contribution is 2.04. The van der Waals surface area contributed by atoms with Gasteiger partial charge in [0.05, 0.1) is 24.7 Å². The van der Waals surface area contributed by atoms with Gasteiger partial charge >= 0.3 is 0 Å². The van der Waals surface area contributed by atoms with E-state index in [0.29, 0.717) is 12.8 Å². The average molecular weight is 152 g/mol.